The highest BCUT2D eigenvalue weighted by Gasteiger charge is 2.43. The van der Waals surface area contributed by atoms with Gasteiger partial charge in [-0.25, -0.2) is 39.5 Å². The standard InChI is InChI=1S/C39H16F13NO2/c40-27-15-23(54-38(49,50)35-29(42)9-20(10-30(35)43)19-3-1-18(17-53)2-4-19)5-7-25(27)21-11-31(44)36(32(45)12-21)39(51,52)55-24-6-8-26(28(41)16-24)22-13-33(46)37(48)34(47)14-22/h1-16H. The van der Waals surface area contributed by atoms with Crippen molar-refractivity contribution in [3.63, 3.8) is 0 Å². The predicted octanol–water partition coefficient (Wildman–Crippen LogP) is 12.1. The number of halogens is 13. The van der Waals surface area contributed by atoms with E-state index in [9.17, 15) is 26.3 Å². The van der Waals surface area contributed by atoms with Crippen molar-refractivity contribution >= 4 is 0 Å². The van der Waals surface area contributed by atoms with Gasteiger partial charge >= 0.3 is 12.2 Å². The average Bonchev–Trinajstić information content (AvgIpc) is 3.09. The number of rotatable bonds is 9. The molecule has 0 aliphatic rings. The molecular weight excluding hydrogens is 761 g/mol. The van der Waals surface area contributed by atoms with Gasteiger partial charge in [0, 0.05) is 23.3 Å². The largest absolute Gasteiger partial charge is 0.432 e. The summed E-state index contributed by atoms with van der Waals surface area (Å²) in [6.07, 6.45) is -9.60. The van der Waals surface area contributed by atoms with E-state index in [1.165, 1.54) is 24.3 Å². The lowest BCUT2D eigenvalue weighted by molar-refractivity contribution is -0.190. The van der Waals surface area contributed by atoms with Crippen molar-refractivity contribution in [3.05, 3.63) is 166 Å². The van der Waals surface area contributed by atoms with Gasteiger partial charge in [-0.1, -0.05) is 12.1 Å². The van der Waals surface area contributed by atoms with E-state index in [0.717, 1.165) is 6.07 Å². The molecule has 0 radical (unpaired) electrons. The van der Waals surface area contributed by atoms with Gasteiger partial charge in [0.2, 0.25) is 0 Å². The monoisotopic (exact) mass is 777 g/mol. The van der Waals surface area contributed by atoms with Crippen LogP contribution in [0.15, 0.2) is 97.1 Å². The second-order valence-electron chi connectivity index (χ2n) is 11.6. The van der Waals surface area contributed by atoms with Crippen LogP contribution < -0.4 is 9.47 Å². The van der Waals surface area contributed by atoms with Crippen molar-refractivity contribution in [1.29, 1.82) is 5.26 Å². The normalized spacial score (nSPS) is 11.7. The third-order valence-corrected chi connectivity index (χ3v) is 7.99. The maximum absolute atomic E-state index is 15.1. The molecule has 0 amide bonds. The molecule has 6 aromatic carbocycles. The van der Waals surface area contributed by atoms with E-state index in [1.54, 1.807) is 0 Å². The highest BCUT2D eigenvalue weighted by molar-refractivity contribution is 5.68. The van der Waals surface area contributed by atoms with Gasteiger partial charge < -0.3 is 9.47 Å². The average molecular weight is 778 g/mol. The summed E-state index contributed by atoms with van der Waals surface area (Å²) in [6.45, 7) is 0. The third kappa shape index (κ3) is 7.63. The molecule has 6 rings (SSSR count). The highest BCUT2D eigenvalue weighted by atomic mass is 19.3. The Morgan fingerprint density at radius 1 is 0.400 bits per heavy atom. The maximum Gasteiger partial charge on any atom is 0.432 e. The molecule has 0 aromatic heterocycles. The number of benzene rings is 6. The zero-order chi connectivity index (χ0) is 40.0. The van der Waals surface area contributed by atoms with E-state index >= 15 is 30.7 Å². The van der Waals surface area contributed by atoms with E-state index in [1.807, 2.05) is 6.07 Å². The van der Waals surface area contributed by atoms with Crippen LogP contribution in [0.1, 0.15) is 16.7 Å². The first-order valence-electron chi connectivity index (χ1n) is 15.3. The minimum Gasteiger partial charge on any atom is -0.429 e. The Morgan fingerprint density at radius 2 is 0.764 bits per heavy atom. The number of hydrogen-bond donors (Lipinski definition) is 0. The van der Waals surface area contributed by atoms with Gasteiger partial charge in [-0.05, 0) is 95.1 Å². The van der Waals surface area contributed by atoms with E-state index in [4.69, 9.17) is 5.26 Å². The van der Waals surface area contributed by atoms with E-state index < -0.39 is 109 Å². The molecule has 0 N–H and O–H groups in total. The summed E-state index contributed by atoms with van der Waals surface area (Å²) in [6, 6.07) is 12.9. The summed E-state index contributed by atoms with van der Waals surface area (Å²) < 4.78 is 199. The van der Waals surface area contributed by atoms with Gasteiger partial charge in [0.05, 0.1) is 11.6 Å². The maximum atomic E-state index is 15.1. The number of ether oxygens (including phenoxy) is 2. The molecule has 16 heteroatoms. The molecule has 0 heterocycles. The zero-order valence-corrected chi connectivity index (χ0v) is 26.9. The van der Waals surface area contributed by atoms with Gasteiger partial charge in [0.15, 0.2) is 17.5 Å². The Bertz CT molecular complexity index is 2450. The Kier molecular flexibility index (Phi) is 10.00. The van der Waals surface area contributed by atoms with Gasteiger partial charge in [-0.15, -0.1) is 0 Å². The lowest BCUT2D eigenvalue weighted by atomic mass is 10.0. The minimum absolute atomic E-state index is 0.159. The first kappa shape index (κ1) is 38.2. The lowest BCUT2D eigenvalue weighted by Gasteiger charge is -2.21. The van der Waals surface area contributed by atoms with Crippen LogP contribution in [0.25, 0.3) is 33.4 Å². The molecule has 0 saturated heterocycles. The molecule has 0 unspecified atom stereocenters. The summed E-state index contributed by atoms with van der Waals surface area (Å²) in [4.78, 5) is 0. The predicted molar refractivity (Wildman–Crippen MR) is 169 cm³/mol. The quantitative estimate of drug-likeness (QED) is 0.108. The Balaban J connectivity index is 1.21. The van der Waals surface area contributed by atoms with Crippen LogP contribution in [0, 0.1) is 63.7 Å². The molecule has 0 aliphatic carbocycles. The van der Waals surface area contributed by atoms with Crippen LogP contribution in [-0.4, -0.2) is 0 Å². The molecule has 0 spiro atoms. The first-order valence-corrected chi connectivity index (χ1v) is 15.3. The highest BCUT2D eigenvalue weighted by Crippen LogP contribution is 2.41. The van der Waals surface area contributed by atoms with E-state index in [-0.39, 0.29) is 34.9 Å². The van der Waals surface area contributed by atoms with Crippen molar-refractivity contribution < 1.29 is 66.5 Å². The number of hydrogen-bond acceptors (Lipinski definition) is 3. The van der Waals surface area contributed by atoms with E-state index in [0.29, 0.717) is 48.5 Å². The van der Waals surface area contributed by atoms with Gasteiger partial charge in [-0.3, -0.25) is 0 Å². The van der Waals surface area contributed by atoms with Crippen LogP contribution in [0.3, 0.4) is 0 Å². The second kappa shape index (κ2) is 14.4. The summed E-state index contributed by atoms with van der Waals surface area (Å²) in [5.41, 5.74) is -6.15. The lowest BCUT2D eigenvalue weighted by Crippen LogP contribution is -2.25. The van der Waals surface area contributed by atoms with Crippen molar-refractivity contribution in [2.45, 2.75) is 12.2 Å². The van der Waals surface area contributed by atoms with Crippen LogP contribution in [-0.2, 0) is 12.2 Å². The topological polar surface area (TPSA) is 42.2 Å². The van der Waals surface area contributed by atoms with Gasteiger partial charge in [0.25, 0.3) is 0 Å². The van der Waals surface area contributed by atoms with Crippen LogP contribution in [0.5, 0.6) is 11.5 Å². The molecule has 0 atom stereocenters. The van der Waals surface area contributed by atoms with Crippen LogP contribution in [0.2, 0.25) is 0 Å². The van der Waals surface area contributed by atoms with E-state index in [2.05, 4.69) is 9.47 Å². The van der Waals surface area contributed by atoms with Gasteiger partial charge in [-0.2, -0.15) is 22.8 Å². The molecular formula is C39H16F13NO2. The summed E-state index contributed by atoms with van der Waals surface area (Å²) in [7, 11) is 0. The fourth-order valence-electron chi connectivity index (χ4n) is 5.46. The Labute approximate surface area is 301 Å². The number of nitriles is 1. The fraction of sp³-hybridized carbons (Fsp3) is 0.0513. The molecule has 0 bridgehead atoms. The molecule has 280 valence electrons. The molecule has 55 heavy (non-hydrogen) atoms. The first-order chi connectivity index (χ1) is 25.9. The third-order valence-electron chi connectivity index (χ3n) is 7.99. The van der Waals surface area contributed by atoms with Crippen molar-refractivity contribution in [1.82, 2.24) is 0 Å². The molecule has 0 aliphatic heterocycles. The molecule has 3 nitrogen and oxygen atoms in total. The van der Waals surface area contributed by atoms with Crippen LogP contribution in [0.4, 0.5) is 57.1 Å². The Morgan fingerprint density at radius 3 is 1.13 bits per heavy atom. The number of alkyl halides is 4. The van der Waals surface area contributed by atoms with Crippen molar-refractivity contribution in [2.75, 3.05) is 0 Å². The van der Waals surface area contributed by atoms with Crippen molar-refractivity contribution in [2.24, 2.45) is 0 Å². The molecule has 0 saturated carbocycles. The van der Waals surface area contributed by atoms with Crippen LogP contribution >= 0.6 is 0 Å². The fourth-order valence-corrected chi connectivity index (χ4v) is 5.46. The summed E-state index contributed by atoms with van der Waals surface area (Å²) in [5.74, 6) is -17.6. The Hall–Kier alpha value is -6.50. The number of nitrogens with zero attached hydrogens (tertiary/aromatic N) is 1. The smallest absolute Gasteiger partial charge is 0.429 e. The minimum atomic E-state index is -4.86. The van der Waals surface area contributed by atoms with Crippen molar-refractivity contribution in [3.8, 4) is 50.9 Å². The van der Waals surface area contributed by atoms with Gasteiger partial charge in [0.1, 0.15) is 57.5 Å². The molecule has 0 fully saturated rings. The SMILES string of the molecule is N#Cc1ccc(-c2cc(F)c(C(F)(F)Oc3ccc(-c4cc(F)c(C(F)(F)Oc5ccc(-c6cc(F)c(F)c(F)c6)c(F)c5)c(F)c4)c(F)c3)c(F)c2)cc1. The summed E-state index contributed by atoms with van der Waals surface area (Å²) in [5, 5.41) is 8.90. The molecule has 6 aromatic rings. The zero-order valence-electron chi connectivity index (χ0n) is 26.9. The second-order valence-corrected chi connectivity index (χ2v) is 11.6. The summed E-state index contributed by atoms with van der Waals surface area (Å²) >= 11 is 0.